The summed E-state index contributed by atoms with van der Waals surface area (Å²) in [6.07, 6.45) is 1.60. The van der Waals surface area contributed by atoms with Crippen molar-refractivity contribution in [3.63, 3.8) is 0 Å². The zero-order valence-corrected chi connectivity index (χ0v) is 14.1. The summed E-state index contributed by atoms with van der Waals surface area (Å²) in [6.45, 7) is 0. The Morgan fingerprint density at radius 2 is 2.04 bits per heavy atom. The first-order valence-corrected chi connectivity index (χ1v) is 8.49. The number of nitrogens with one attached hydrogen (secondary N) is 1. The van der Waals surface area contributed by atoms with Crippen molar-refractivity contribution in [2.24, 2.45) is 0 Å². The second-order valence-corrected chi connectivity index (χ2v) is 6.09. The lowest BCUT2D eigenvalue weighted by atomic mass is 10.2. The average Bonchev–Trinajstić information content (AvgIpc) is 3.41. The quantitative estimate of drug-likeness (QED) is 0.523. The van der Waals surface area contributed by atoms with E-state index in [2.05, 4.69) is 20.3 Å². The van der Waals surface area contributed by atoms with E-state index in [9.17, 15) is 0 Å². The largest absolute Gasteiger partial charge is 0.497 e. The van der Waals surface area contributed by atoms with Gasteiger partial charge in [-0.1, -0.05) is 16.9 Å². The third-order valence-corrected chi connectivity index (χ3v) is 4.38. The van der Waals surface area contributed by atoms with E-state index < -0.39 is 0 Å². The molecule has 1 N–H and O–H groups in total. The highest BCUT2D eigenvalue weighted by molar-refractivity contribution is 7.98. The summed E-state index contributed by atoms with van der Waals surface area (Å²) < 4.78 is 15.7. The van der Waals surface area contributed by atoms with Gasteiger partial charge in [0.15, 0.2) is 11.6 Å². The minimum Gasteiger partial charge on any atom is -0.497 e. The number of methoxy groups -OCH3 is 1. The number of hydrogen-bond donors (Lipinski definition) is 1. The Morgan fingerprint density at radius 1 is 1.16 bits per heavy atom. The smallest absolute Gasteiger partial charge is 0.209 e. The van der Waals surface area contributed by atoms with Crippen LogP contribution in [0.4, 0.5) is 0 Å². The van der Waals surface area contributed by atoms with E-state index in [0.717, 1.165) is 17.0 Å². The van der Waals surface area contributed by atoms with Gasteiger partial charge in [0.25, 0.3) is 0 Å². The maximum atomic E-state index is 5.29. The number of hydrogen-bond acceptors (Lipinski definition) is 7. The number of thioether (sulfide) groups is 1. The van der Waals surface area contributed by atoms with Gasteiger partial charge in [-0.2, -0.15) is 0 Å². The summed E-state index contributed by atoms with van der Waals surface area (Å²) in [6, 6.07) is 13.1. The molecule has 1 aromatic carbocycles. The summed E-state index contributed by atoms with van der Waals surface area (Å²) >= 11 is 1.48. The van der Waals surface area contributed by atoms with Crippen molar-refractivity contribution in [3.8, 4) is 28.7 Å². The molecule has 0 saturated heterocycles. The van der Waals surface area contributed by atoms with Crippen LogP contribution in [0.1, 0.15) is 5.69 Å². The maximum Gasteiger partial charge on any atom is 0.209 e. The fourth-order valence-electron chi connectivity index (χ4n) is 2.24. The minimum atomic E-state index is 0.601. The lowest BCUT2D eigenvalue weighted by Crippen LogP contribution is -1.84. The molecule has 0 fully saturated rings. The van der Waals surface area contributed by atoms with Crippen molar-refractivity contribution < 1.29 is 13.7 Å². The van der Waals surface area contributed by atoms with E-state index in [0.29, 0.717) is 28.3 Å². The van der Waals surface area contributed by atoms with Gasteiger partial charge >= 0.3 is 0 Å². The van der Waals surface area contributed by atoms with Crippen LogP contribution in [0.5, 0.6) is 5.75 Å². The Kier molecular flexibility index (Phi) is 4.26. The topological polar surface area (TPSA) is 90.0 Å². The van der Waals surface area contributed by atoms with Crippen LogP contribution in [0, 0.1) is 0 Å². The second kappa shape index (κ2) is 6.86. The van der Waals surface area contributed by atoms with Crippen LogP contribution in [0.3, 0.4) is 0 Å². The molecule has 4 rings (SSSR count). The minimum absolute atomic E-state index is 0.601. The number of aromatic nitrogens is 4. The van der Waals surface area contributed by atoms with Gasteiger partial charge in [-0.15, -0.1) is 5.10 Å². The summed E-state index contributed by atoms with van der Waals surface area (Å²) in [5.74, 6) is 3.38. The Balaban J connectivity index is 1.41. The molecule has 0 unspecified atom stereocenters. The number of rotatable bonds is 6. The van der Waals surface area contributed by atoms with E-state index in [-0.39, 0.29) is 0 Å². The number of nitrogens with zero attached hydrogens (tertiary/aromatic N) is 3. The second-order valence-electron chi connectivity index (χ2n) is 5.14. The zero-order chi connectivity index (χ0) is 17.1. The van der Waals surface area contributed by atoms with Crippen molar-refractivity contribution in [1.82, 2.24) is 20.3 Å². The maximum absolute atomic E-state index is 5.29. The van der Waals surface area contributed by atoms with Crippen molar-refractivity contribution in [2.75, 3.05) is 7.11 Å². The van der Waals surface area contributed by atoms with Crippen LogP contribution in [0.2, 0.25) is 0 Å². The fourth-order valence-corrected chi connectivity index (χ4v) is 2.92. The van der Waals surface area contributed by atoms with Crippen LogP contribution in [0.25, 0.3) is 22.9 Å². The summed E-state index contributed by atoms with van der Waals surface area (Å²) in [4.78, 5) is 4.49. The first-order valence-electron chi connectivity index (χ1n) is 7.51. The Labute approximate surface area is 147 Å². The third-order valence-electron chi connectivity index (χ3n) is 3.50. The predicted octanol–water partition coefficient (Wildman–Crippen LogP) is 4.02. The average molecular weight is 354 g/mol. The predicted molar refractivity (Wildman–Crippen MR) is 92.1 cm³/mol. The highest BCUT2D eigenvalue weighted by atomic mass is 32.2. The number of benzene rings is 1. The molecule has 0 aliphatic carbocycles. The molecule has 0 bridgehead atoms. The fraction of sp³-hybridized carbons (Fsp3) is 0.118. The monoisotopic (exact) mass is 354 g/mol. The Morgan fingerprint density at radius 3 is 2.80 bits per heavy atom. The lowest BCUT2D eigenvalue weighted by Gasteiger charge is -1.99. The van der Waals surface area contributed by atoms with E-state index in [4.69, 9.17) is 13.7 Å². The normalized spacial score (nSPS) is 10.9. The molecule has 0 spiro atoms. The van der Waals surface area contributed by atoms with Crippen molar-refractivity contribution >= 4 is 11.8 Å². The Bertz CT molecular complexity index is 945. The van der Waals surface area contributed by atoms with Crippen LogP contribution in [-0.2, 0) is 5.75 Å². The third kappa shape index (κ3) is 3.43. The van der Waals surface area contributed by atoms with Gasteiger partial charge in [0, 0.05) is 17.4 Å². The van der Waals surface area contributed by atoms with Gasteiger partial charge in [0.05, 0.1) is 19.1 Å². The number of furan rings is 1. The molecular formula is C17H14N4O3S. The van der Waals surface area contributed by atoms with Gasteiger partial charge in [-0.05, 0) is 36.4 Å². The van der Waals surface area contributed by atoms with Crippen molar-refractivity contribution in [3.05, 3.63) is 54.4 Å². The number of aromatic amines is 1. The zero-order valence-electron chi connectivity index (χ0n) is 13.3. The van der Waals surface area contributed by atoms with Gasteiger partial charge in [-0.25, -0.2) is 4.98 Å². The molecule has 0 atom stereocenters. The molecule has 0 saturated carbocycles. The van der Waals surface area contributed by atoms with Crippen molar-refractivity contribution in [2.45, 2.75) is 10.9 Å². The van der Waals surface area contributed by atoms with E-state index >= 15 is 0 Å². The van der Waals surface area contributed by atoms with Crippen LogP contribution in [0.15, 0.2) is 62.8 Å². The highest BCUT2D eigenvalue weighted by Gasteiger charge is 2.11. The van der Waals surface area contributed by atoms with Gasteiger partial charge < -0.3 is 13.7 Å². The molecule has 0 aliphatic rings. The van der Waals surface area contributed by atoms with Gasteiger partial charge in [0.1, 0.15) is 5.75 Å². The lowest BCUT2D eigenvalue weighted by molar-refractivity contribution is 0.413. The standard InChI is InChI=1S/C17H14N4O3S/c1-22-13-6-4-11(5-7-13)16-18-17(20-19-16)25-10-12-9-15(24-21-12)14-3-2-8-23-14/h2-9H,10H2,1H3,(H,18,19,20). The van der Waals surface area contributed by atoms with Gasteiger partial charge in [-0.3, -0.25) is 5.10 Å². The highest BCUT2D eigenvalue weighted by Crippen LogP contribution is 2.26. The molecule has 7 nitrogen and oxygen atoms in total. The van der Waals surface area contributed by atoms with Crippen LogP contribution >= 0.6 is 11.8 Å². The molecule has 8 heteroatoms. The number of H-pyrrole nitrogens is 1. The molecule has 25 heavy (non-hydrogen) atoms. The summed E-state index contributed by atoms with van der Waals surface area (Å²) in [7, 11) is 1.64. The molecule has 0 aliphatic heterocycles. The SMILES string of the molecule is COc1ccc(-c2nc(SCc3cc(-c4ccco4)on3)n[nH]2)cc1. The molecule has 3 aromatic heterocycles. The number of ether oxygens (including phenoxy) is 1. The van der Waals surface area contributed by atoms with E-state index in [1.165, 1.54) is 11.8 Å². The first kappa shape index (κ1) is 15.5. The van der Waals surface area contributed by atoms with E-state index in [1.54, 1.807) is 19.4 Å². The van der Waals surface area contributed by atoms with Crippen LogP contribution in [-0.4, -0.2) is 27.4 Å². The molecule has 4 aromatic rings. The molecular weight excluding hydrogens is 340 g/mol. The molecule has 0 radical (unpaired) electrons. The molecule has 126 valence electrons. The first-order chi connectivity index (χ1) is 12.3. The molecule has 0 amide bonds. The van der Waals surface area contributed by atoms with Crippen molar-refractivity contribution in [1.29, 1.82) is 0 Å². The van der Waals surface area contributed by atoms with Crippen LogP contribution < -0.4 is 4.74 Å². The van der Waals surface area contributed by atoms with E-state index in [1.807, 2.05) is 36.4 Å². The molecule has 3 heterocycles. The summed E-state index contributed by atoms with van der Waals surface area (Å²) in [5, 5.41) is 11.8. The summed E-state index contributed by atoms with van der Waals surface area (Å²) in [5.41, 5.74) is 1.74. The van der Waals surface area contributed by atoms with Gasteiger partial charge in [0.2, 0.25) is 10.9 Å². The Hall–Kier alpha value is -3.00.